The van der Waals surface area contributed by atoms with Gasteiger partial charge in [-0.05, 0) is 25.3 Å². The molecular formula is C18H21N3O2S. The van der Waals surface area contributed by atoms with E-state index in [1.165, 1.54) is 0 Å². The lowest BCUT2D eigenvalue weighted by molar-refractivity contribution is -0.134. The van der Waals surface area contributed by atoms with Crippen LogP contribution in [0.1, 0.15) is 23.4 Å². The molecule has 1 aromatic carbocycles. The van der Waals surface area contributed by atoms with Crippen LogP contribution in [0.3, 0.4) is 0 Å². The van der Waals surface area contributed by atoms with Crippen LogP contribution in [0.4, 0.5) is 0 Å². The van der Waals surface area contributed by atoms with Crippen LogP contribution < -0.4 is 5.73 Å². The first-order valence-corrected chi connectivity index (χ1v) is 8.99. The van der Waals surface area contributed by atoms with E-state index in [-0.39, 0.29) is 17.7 Å². The molecule has 1 saturated heterocycles. The summed E-state index contributed by atoms with van der Waals surface area (Å²) in [6.45, 7) is 3.22. The SMILES string of the molecule is Cc1nc(-c2ccc(CC(=O)N3CCC(C(N)=O)CC3)cc2)cs1. The summed E-state index contributed by atoms with van der Waals surface area (Å²) in [6, 6.07) is 7.99. The van der Waals surface area contributed by atoms with Gasteiger partial charge in [0.1, 0.15) is 0 Å². The molecule has 0 unspecified atom stereocenters. The second kappa shape index (κ2) is 7.13. The van der Waals surface area contributed by atoms with Crippen LogP contribution in [0, 0.1) is 12.8 Å². The molecule has 3 rings (SSSR count). The first-order valence-electron chi connectivity index (χ1n) is 8.11. The monoisotopic (exact) mass is 343 g/mol. The molecule has 5 nitrogen and oxygen atoms in total. The number of nitrogens with zero attached hydrogens (tertiary/aromatic N) is 2. The Bertz CT molecular complexity index is 731. The molecular weight excluding hydrogens is 322 g/mol. The zero-order valence-electron chi connectivity index (χ0n) is 13.7. The van der Waals surface area contributed by atoms with Crippen LogP contribution in [0.2, 0.25) is 0 Å². The molecule has 0 radical (unpaired) electrons. The Labute approximate surface area is 145 Å². The first kappa shape index (κ1) is 16.6. The number of nitrogens with two attached hydrogens (primary N) is 1. The van der Waals surface area contributed by atoms with Crippen molar-refractivity contribution in [2.24, 2.45) is 11.7 Å². The van der Waals surface area contributed by atoms with Gasteiger partial charge in [0.25, 0.3) is 0 Å². The fraction of sp³-hybridized carbons (Fsp3) is 0.389. The van der Waals surface area contributed by atoms with Crippen LogP contribution in [-0.4, -0.2) is 34.8 Å². The summed E-state index contributed by atoms with van der Waals surface area (Å²) in [6.07, 6.45) is 1.73. The van der Waals surface area contributed by atoms with Crippen molar-refractivity contribution in [1.82, 2.24) is 9.88 Å². The number of hydrogen-bond donors (Lipinski definition) is 1. The van der Waals surface area contributed by atoms with Gasteiger partial charge in [-0.3, -0.25) is 9.59 Å². The summed E-state index contributed by atoms with van der Waals surface area (Å²) in [5.74, 6) is -0.236. The van der Waals surface area contributed by atoms with Crippen molar-refractivity contribution < 1.29 is 9.59 Å². The highest BCUT2D eigenvalue weighted by Crippen LogP contribution is 2.22. The molecule has 2 heterocycles. The number of likely N-dealkylation sites (tertiary alicyclic amines) is 1. The predicted molar refractivity (Wildman–Crippen MR) is 94.5 cm³/mol. The minimum Gasteiger partial charge on any atom is -0.369 e. The summed E-state index contributed by atoms with van der Waals surface area (Å²) >= 11 is 1.63. The van der Waals surface area contributed by atoms with Crippen LogP contribution in [0.5, 0.6) is 0 Å². The van der Waals surface area contributed by atoms with Gasteiger partial charge in [0.2, 0.25) is 11.8 Å². The van der Waals surface area contributed by atoms with Crippen molar-refractivity contribution in [3.8, 4) is 11.3 Å². The summed E-state index contributed by atoms with van der Waals surface area (Å²) in [5, 5.41) is 3.09. The third-order valence-electron chi connectivity index (χ3n) is 4.47. The third kappa shape index (κ3) is 3.82. The highest BCUT2D eigenvalue weighted by atomic mass is 32.1. The number of hydrogen-bond acceptors (Lipinski definition) is 4. The number of aryl methyl sites for hydroxylation is 1. The second-order valence-corrected chi connectivity index (χ2v) is 7.25. The molecule has 24 heavy (non-hydrogen) atoms. The summed E-state index contributed by atoms with van der Waals surface area (Å²) < 4.78 is 0. The van der Waals surface area contributed by atoms with E-state index in [1.54, 1.807) is 11.3 Å². The molecule has 0 spiro atoms. The van der Waals surface area contributed by atoms with E-state index in [2.05, 4.69) is 4.98 Å². The van der Waals surface area contributed by atoms with Gasteiger partial charge in [0.05, 0.1) is 17.1 Å². The molecule has 0 bridgehead atoms. The standard InChI is InChI=1S/C18H21N3O2S/c1-12-20-16(11-24-12)14-4-2-13(3-5-14)10-17(22)21-8-6-15(7-9-21)18(19)23/h2-5,11,15H,6-10H2,1H3,(H2,19,23). The minimum absolute atomic E-state index is 0.0881. The van der Waals surface area contributed by atoms with Crippen LogP contribution >= 0.6 is 11.3 Å². The van der Waals surface area contributed by atoms with E-state index in [4.69, 9.17) is 5.73 Å². The number of aromatic nitrogens is 1. The fourth-order valence-electron chi connectivity index (χ4n) is 2.99. The number of carbonyl (C=O) groups excluding carboxylic acids is 2. The van der Waals surface area contributed by atoms with Gasteiger partial charge >= 0.3 is 0 Å². The first-order chi connectivity index (χ1) is 11.5. The van der Waals surface area contributed by atoms with E-state index in [0.717, 1.165) is 21.8 Å². The van der Waals surface area contributed by atoms with E-state index in [0.29, 0.717) is 32.4 Å². The number of amides is 2. The summed E-state index contributed by atoms with van der Waals surface area (Å²) in [7, 11) is 0. The maximum Gasteiger partial charge on any atom is 0.226 e. The lowest BCUT2D eigenvalue weighted by Crippen LogP contribution is -2.42. The van der Waals surface area contributed by atoms with Crippen molar-refractivity contribution in [3.05, 3.63) is 40.2 Å². The van der Waals surface area contributed by atoms with Gasteiger partial charge in [0.15, 0.2) is 0 Å². The lowest BCUT2D eigenvalue weighted by Gasteiger charge is -2.30. The third-order valence-corrected chi connectivity index (χ3v) is 5.25. The number of primary amides is 1. The zero-order valence-corrected chi connectivity index (χ0v) is 14.5. The molecule has 1 aliphatic heterocycles. The van der Waals surface area contributed by atoms with Gasteiger partial charge in [-0.25, -0.2) is 4.98 Å². The number of thiazole rings is 1. The Kier molecular flexibility index (Phi) is 4.94. The van der Waals surface area contributed by atoms with Gasteiger partial charge in [0, 0.05) is 30.0 Å². The average Bonchev–Trinajstić information content (AvgIpc) is 3.02. The lowest BCUT2D eigenvalue weighted by atomic mass is 9.96. The Morgan fingerprint density at radius 1 is 1.25 bits per heavy atom. The van der Waals surface area contributed by atoms with E-state index in [1.807, 2.05) is 41.5 Å². The predicted octanol–water partition coefficient (Wildman–Crippen LogP) is 2.38. The number of carbonyl (C=O) groups is 2. The van der Waals surface area contributed by atoms with Crippen molar-refractivity contribution in [3.63, 3.8) is 0 Å². The van der Waals surface area contributed by atoms with Gasteiger partial charge in [-0.1, -0.05) is 24.3 Å². The summed E-state index contributed by atoms with van der Waals surface area (Å²) in [5.41, 5.74) is 8.37. The van der Waals surface area contributed by atoms with Gasteiger partial charge in [-0.15, -0.1) is 11.3 Å². The Hall–Kier alpha value is -2.21. The maximum atomic E-state index is 12.4. The largest absolute Gasteiger partial charge is 0.369 e. The minimum atomic E-state index is -0.255. The smallest absolute Gasteiger partial charge is 0.226 e. The quantitative estimate of drug-likeness (QED) is 0.926. The number of piperidine rings is 1. The fourth-order valence-corrected chi connectivity index (χ4v) is 3.61. The Balaban J connectivity index is 1.58. The topological polar surface area (TPSA) is 76.3 Å². The van der Waals surface area contributed by atoms with Gasteiger partial charge < -0.3 is 10.6 Å². The Morgan fingerprint density at radius 2 is 1.92 bits per heavy atom. The second-order valence-electron chi connectivity index (χ2n) is 6.18. The van der Waals surface area contributed by atoms with Crippen molar-refractivity contribution in [2.45, 2.75) is 26.2 Å². The molecule has 1 aliphatic rings. The molecule has 2 aromatic rings. The number of benzene rings is 1. The van der Waals surface area contributed by atoms with Crippen molar-refractivity contribution >= 4 is 23.2 Å². The molecule has 0 atom stereocenters. The average molecular weight is 343 g/mol. The summed E-state index contributed by atoms with van der Waals surface area (Å²) in [4.78, 5) is 29.9. The molecule has 1 fully saturated rings. The van der Waals surface area contributed by atoms with E-state index < -0.39 is 0 Å². The van der Waals surface area contributed by atoms with Crippen LogP contribution in [0.15, 0.2) is 29.6 Å². The van der Waals surface area contributed by atoms with E-state index in [9.17, 15) is 9.59 Å². The molecule has 126 valence electrons. The molecule has 2 amide bonds. The molecule has 0 aliphatic carbocycles. The van der Waals surface area contributed by atoms with Crippen molar-refractivity contribution in [1.29, 1.82) is 0 Å². The van der Waals surface area contributed by atoms with Crippen molar-refractivity contribution in [2.75, 3.05) is 13.1 Å². The highest BCUT2D eigenvalue weighted by Gasteiger charge is 2.25. The normalized spacial score (nSPS) is 15.5. The molecule has 2 N–H and O–H groups in total. The molecule has 0 saturated carbocycles. The van der Waals surface area contributed by atoms with Crippen LogP contribution in [0.25, 0.3) is 11.3 Å². The zero-order chi connectivity index (χ0) is 17.1. The van der Waals surface area contributed by atoms with Crippen LogP contribution in [-0.2, 0) is 16.0 Å². The maximum absolute atomic E-state index is 12.4. The Morgan fingerprint density at radius 3 is 2.46 bits per heavy atom. The molecule has 1 aromatic heterocycles. The van der Waals surface area contributed by atoms with Gasteiger partial charge in [-0.2, -0.15) is 0 Å². The molecule has 6 heteroatoms. The number of rotatable bonds is 4. The highest BCUT2D eigenvalue weighted by molar-refractivity contribution is 7.09. The van der Waals surface area contributed by atoms with E-state index >= 15 is 0 Å².